The molecule has 2 aliphatic rings. The van der Waals surface area contributed by atoms with Crippen molar-refractivity contribution in [2.45, 2.75) is 19.9 Å². The first kappa shape index (κ1) is 17.0. The van der Waals surface area contributed by atoms with E-state index in [1.165, 1.54) is 11.1 Å². The molecule has 1 aromatic heterocycles. The molecule has 5 heteroatoms. The van der Waals surface area contributed by atoms with Crippen LogP contribution in [0.15, 0.2) is 42.6 Å². The second-order valence-corrected chi connectivity index (χ2v) is 7.04. The van der Waals surface area contributed by atoms with E-state index in [9.17, 15) is 4.79 Å². The molecule has 0 bridgehead atoms. The number of nitrogens with zero attached hydrogens (tertiary/aromatic N) is 4. The molecular formula is C21H26N4O. The standard InChI is InChI=1S/C21H26N4O/c1-2-23-12-14-24(15-13-23)21(26)19-8-5-10-22-20(19)25-11-9-17-6-3-4-7-18(17)16-25/h3-8,10H,2,9,11-16H2,1H3. The molecule has 0 radical (unpaired) electrons. The van der Waals surface area contributed by atoms with Gasteiger partial charge in [-0.3, -0.25) is 4.79 Å². The number of hydrogen-bond donors (Lipinski definition) is 0. The largest absolute Gasteiger partial charge is 0.351 e. The van der Waals surface area contributed by atoms with Crippen LogP contribution in [-0.2, 0) is 13.0 Å². The van der Waals surface area contributed by atoms with Crippen molar-refractivity contribution in [3.8, 4) is 0 Å². The van der Waals surface area contributed by atoms with E-state index in [-0.39, 0.29) is 5.91 Å². The van der Waals surface area contributed by atoms with Gasteiger partial charge < -0.3 is 14.7 Å². The highest BCUT2D eigenvalue weighted by Gasteiger charge is 2.26. The lowest BCUT2D eigenvalue weighted by atomic mass is 9.99. The Hall–Kier alpha value is -2.40. The van der Waals surface area contributed by atoms with Crippen LogP contribution < -0.4 is 4.90 Å². The van der Waals surface area contributed by atoms with Crippen LogP contribution in [0.1, 0.15) is 28.4 Å². The van der Waals surface area contributed by atoms with E-state index < -0.39 is 0 Å². The smallest absolute Gasteiger partial charge is 0.257 e. The van der Waals surface area contributed by atoms with E-state index in [1.807, 2.05) is 17.0 Å². The van der Waals surface area contributed by atoms with Crippen molar-refractivity contribution in [2.24, 2.45) is 0 Å². The lowest BCUT2D eigenvalue weighted by Gasteiger charge is -2.35. The van der Waals surface area contributed by atoms with Crippen LogP contribution in [-0.4, -0.2) is 60.0 Å². The van der Waals surface area contributed by atoms with Crippen molar-refractivity contribution in [3.05, 3.63) is 59.3 Å². The van der Waals surface area contributed by atoms with Crippen molar-refractivity contribution in [3.63, 3.8) is 0 Å². The highest BCUT2D eigenvalue weighted by atomic mass is 16.2. The minimum absolute atomic E-state index is 0.114. The first-order chi connectivity index (χ1) is 12.8. The van der Waals surface area contributed by atoms with Gasteiger partial charge in [0.15, 0.2) is 0 Å². The van der Waals surface area contributed by atoms with Crippen molar-refractivity contribution in [2.75, 3.05) is 44.2 Å². The number of likely N-dealkylation sites (N-methyl/N-ethyl adjacent to an activating group) is 1. The number of rotatable bonds is 3. The summed E-state index contributed by atoms with van der Waals surface area (Å²) in [4.78, 5) is 24.3. The molecule has 1 fully saturated rings. The molecule has 5 nitrogen and oxygen atoms in total. The molecule has 0 unspecified atom stereocenters. The normalized spacial score (nSPS) is 17.9. The minimum Gasteiger partial charge on any atom is -0.351 e. The van der Waals surface area contributed by atoms with E-state index in [2.05, 4.69) is 46.0 Å². The second kappa shape index (κ2) is 7.46. The summed E-state index contributed by atoms with van der Waals surface area (Å²) in [5.41, 5.74) is 3.47. The Balaban J connectivity index is 1.55. The fraction of sp³-hybridized carbons (Fsp3) is 0.429. The molecule has 0 aliphatic carbocycles. The van der Waals surface area contributed by atoms with Gasteiger partial charge in [-0.05, 0) is 36.2 Å². The lowest BCUT2D eigenvalue weighted by Crippen LogP contribution is -2.48. The highest BCUT2D eigenvalue weighted by Crippen LogP contribution is 2.26. The average molecular weight is 350 g/mol. The molecule has 3 heterocycles. The molecule has 0 saturated carbocycles. The van der Waals surface area contributed by atoms with Crippen LogP contribution in [0.4, 0.5) is 5.82 Å². The lowest BCUT2D eigenvalue weighted by molar-refractivity contribution is 0.0643. The number of pyridine rings is 1. The first-order valence-electron chi connectivity index (χ1n) is 9.54. The molecule has 26 heavy (non-hydrogen) atoms. The summed E-state index contributed by atoms with van der Waals surface area (Å²) >= 11 is 0. The molecular weight excluding hydrogens is 324 g/mol. The number of aromatic nitrogens is 1. The predicted octanol–water partition coefficient (Wildman–Crippen LogP) is 2.42. The van der Waals surface area contributed by atoms with Gasteiger partial charge in [-0.2, -0.15) is 0 Å². The van der Waals surface area contributed by atoms with Crippen LogP contribution >= 0.6 is 0 Å². The van der Waals surface area contributed by atoms with Crippen LogP contribution in [0.25, 0.3) is 0 Å². The fourth-order valence-electron chi connectivity index (χ4n) is 3.93. The quantitative estimate of drug-likeness (QED) is 0.852. The predicted molar refractivity (Wildman–Crippen MR) is 103 cm³/mol. The van der Waals surface area contributed by atoms with Crippen molar-refractivity contribution < 1.29 is 4.79 Å². The maximum atomic E-state index is 13.1. The summed E-state index contributed by atoms with van der Waals surface area (Å²) in [5, 5.41) is 0. The molecule has 0 atom stereocenters. The molecule has 1 amide bonds. The maximum Gasteiger partial charge on any atom is 0.257 e. The van der Waals surface area contributed by atoms with Gasteiger partial charge in [0, 0.05) is 45.5 Å². The number of hydrogen-bond acceptors (Lipinski definition) is 4. The highest BCUT2D eigenvalue weighted by molar-refractivity contribution is 5.99. The Kier molecular flexibility index (Phi) is 4.89. The summed E-state index contributed by atoms with van der Waals surface area (Å²) < 4.78 is 0. The summed E-state index contributed by atoms with van der Waals surface area (Å²) in [5.74, 6) is 0.938. The van der Waals surface area contributed by atoms with Gasteiger partial charge in [0.2, 0.25) is 0 Å². The Morgan fingerprint density at radius 2 is 1.77 bits per heavy atom. The van der Waals surface area contributed by atoms with E-state index in [1.54, 1.807) is 6.20 Å². The van der Waals surface area contributed by atoms with E-state index in [4.69, 9.17) is 0 Å². The second-order valence-electron chi connectivity index (χ2n) is 7.04. The Morgan fingerprint density at radius 3 is 2.54 bits per heavy atom. The summed E-state index contributed by atoms with van der Waals surface area (Å²) in [6, 6.07) is 12.4. The third-order valence-corrected chi connectivity index (χ3v) is 5.55. The summed E-state index contributed by atoms with van der Waals surface area (Å²) in [7, 11) is 0. The molecule has 1 aromatic carbocycles. The number of anilines is 1. The van der Waals surface area contributed by atoms with E-state index >= 15 is 0 Å². The molecule has 2 aliphatic heterocycles. The molecule has 1 saturated heterocycles. The number of carbonyl (C=O) groups excluding carboxylic acids is 1. The third-order valence-electron chi connectivity index (χ3n) is 5.55. The maximum absolute atomic E-state index is 13.1. The van der Waals surface area contributed by atoms with E-state index in [0.717, 1.165) is 63.6 Å². The van der Waals surface area contributed by atoms with Gasteiger partial charge in [0.05, 0.1) is 5.56 Å². The van der Waals surface area contributed by atoms with Crippen LogP contribution in [0.2, 0.25) is 0 Å². The minimum atomic E-state index is 0.114. The van der Waals surface area contributed by atoms with Gasteiger partial charge in [0.25, 0.3) is 5.91 Å². The molecule has 2 aromatic rings. The Labute approximate surface area is 155 Å². The van der Waals surface area contributed by atoms with Crippen LogP contribution in [0, 0.1) is 0 Å². The zero-order valence-corrected chi connectivity index (χ0v) is 15.4. The Bertz CT molecular complexity index is 783. The number of benzene rings is 1. The van der Waals surface area contributed by atoms with Crippen molar-refractivity contribution in [1.82, 2.24) is 14.8 Å². The van der Waals surface area contributed by atoms with Crippen molar-refractivity contribution in [1.29, 1.82) is 0 Å². The Morgan fingerprint density at radius 1 is 1.00 bits per heavy atom. The average Bonchev–Trinajstić information content (AvgIpc) is 2.73. The number of carbonyl (C=O) groups is 1. The molecule has 136 valence electrons. The third kappa shape index (κ3) is 3.31. The number of fused-ring (bicyclic) bond motifs is 1. The van der Waals surface area contributed by atoms with Gasteiger partial charge >= 0.3 is 0 Å². The first-order valence-corrected chi connectivity index (χ1v) is 9.54. The zero-order chi connectivity index (χ0) is 17.9. The summed E-state index contributed by atoms with van der Waals surface area (Å²) in [6.07, 6.45) is 2.79. The molecule has 0 N–H and O–H groups in total. The van der Waals surface area contributed by atoms with E-state index in [0.29, 0.717) is 0 Å². The van der Waals surface area contributed by atoms with Crippen molar-refractivity contribution >= 4 is 11.7 Å². The van der Waals surface area contributed by atoms with Gasteiger partial charge in [0.1, 0.15) is 5.82 Å². The van der Waals surface area contributed by atoms with Crippen LogP contribution in [0.5, 0.6) is 0 Å². The van der Waals surface area contributed by atoms with Crippen LogP contribution in [0.3, 0.4) is 0 Å². The molecule has 0 spiro atoms. The van der Waals surface area contributed by atoms with Gasteiger partial charge in [-0.25, -0.2) is 4.98 Å². The van der Waals surface area contributed by atoms with Gasteiger partial charge in [-0.15, -0.1) is 0 Å². The zero-order valence-electron chi connectivity index (χ0n) is 15.4. The number of piperazine rings is 1. The molecule has 4 rings (SSSR count). The SMILES string of the molecule is CCN1CCN(C(=O)c2cccnc2N2CCc3ccccc3C2)CC1. The van der Waals surface area contributed by atoms with Gasteiger partial charge in [-0.1, -0.05) is 31.2 Å². The number of amides is 1. The fourth-order valence-corrected chi connectivity index (χ4v) is 3.93. The summed E-state index contributed by atoms with van der Waals surface area (Å²) in [6.45, 7) is 8.44. The monoisotopic (exact) mass is 350 g/mol. The topological polar surface area (TPSA) is 39.7 Å².